The van der Waals surface area contributed by atoms with Gasteiger partial charge in [-0.1, -0.05) is 254 Å². The second kappa shape index (κ2) is 52.5. The van der Waals surface area contributed by atoms with E-state index in [0.29, 0.717) is 12.8 Å². The van der Waals surface area contributed by atoms with Crippen LogP contribution in [0, 0.1) is 0 Å². The summed E-state index contributed by atoms with van der Waals surface area (Å²) >= 11 is 0. The molecule has 6 N–H and O–H groups in total. The first-order valence-electron chi connectivity index (χ1n) is 30.9. The van der Waals surface area contributed by atoms with Gasteiger partial charge < -0.3 is 45.1 Å². The number of aliphatic hydroxyl groups is 5. The summed E-state index contributed by atoms with van der Waals surface area (Å²) in [6.07, 6.45) is 57.6. The molecule has 0 aliphatic carbocycles. The van der Waals surface area contributed by atoms with E-state index in [4.69, 9.17) is 14.2 Å². The summed E-state index contributed by atoms with van der Waals surface area (Å²) < 4.78 is 17.6. The first kappa shape index (κ1) is 70.9. The molecule has 11 heteroatoms. The van der Waals surface area contributed by atoms with E-state index in [1.54, 1.807) is 6.08 Å². The molecule has 0 spiro atoms. The van der Waals surface area contributed by atoms with E-state index >= 15 is 0 Å². The predicted molar refractivity (Wildman–Crippen MR) is 315 cm³/mol. The molecule has 1 amide bonds. The van der Waals surface area contributed by atoms with Gasteiger partial charge in [0.15, 0.2) is 12.4 Å². The zero-order valence-electron chi connectivity index (χ0n) is 48.3. The van der Waals surface area contributed by atoms with Gasteiger partial charge in [-0.3, -0.25) is 9.59 Å². The third-order valence-electron chi connectivity index (χ3n) is 14.1. The summed E-state index contributed by atoms with van der Waals surface area (Å²) in [7, 11) is 0. The van der Waals surface area contributed by atoms with Crippen molar-refractivity contribution in [3.63, 3.8) is 0 Å². The molecule has 438 valence electrons. The summed E-state index contributed by atoms with van der Waals surface area (Å²) in [5.41, 5.74) is 0. The number of rotatable bonds is 51. The van der Waals surface area contributed by atoms with Gasteiger partial charge in [0, 0.05) is 6.42 Å². The van der Waals surface area contributed by atoms with Crippen LogP contribution in [0.15, 0.2) is 85.1 Å². The van der Waals surface area contributed by atoms with Crippen LogP contribution in [0.25, 0.3) is 0 Å². The van der Waals surface area contributed by atoms with Gasteiger partial charge in [-0.15, -0.1) is 0 Å². The quantitative estimate of drug-likeness (QED) is 0.0195. The molecule has 76 heavy (non-hydrogen) atoms. The van der Waals surface area contributed by atoms with Gasteiger partial charge in [0.1, 0.15) is 24.4 Å². The lowest BCUT2D eigenvalue weighted by Crippen LogP contribution is -2.61. The third-order valence-corrected chi connectivity index (χ3v) is 14.1. The van der Waals surface area contributed by atoms with E-state index in [9.17, 15) is 35.1 Å². The highest BCUT2D eigenvalue weighted by atomic mass is 16.7. The van der Waals surface area contributed by atoms with Gasteiger partial charge in [-0.2, -0.15) is 0 Å². The molecule has 1 aliphatic heterocycles. The van der Waals surface area contributed by atoms with Crippen LogP contribution < -0.4 is 5.32 Å². The lowest BCUT2D eigenvalue weighted by Gasteiger charge is -2.41. The fourth-order valence-corrected chi connectivity index (χ4v) is 9.18. The number of hydrogen-bond donors (Lipinski definition) is 6. The van der Waals surface area contributed by atoms with Crippen LogP contribution >= 0.6 is 0 Å². The third kappa shape index (κ3) is 40.1. The van der Waals surface area contributed by atoms with Gasteiger partial charge in [0.25, 0.3) is 0 Å². The number of amides is 1. The largest absolute Gasteiger partial charge is 0.454 e. The average molecular weight is 1070 g/mol. The van der Waals surface area contributed by atoms with Gasteiger partial charge in [0.2, 0.25) is 5.91 Å². The molecular weight excluding hydrogens is 955 g/mol. The minimum absolute atomic E-state index is 0.0660. The first-order valence-corrected chi connectivity index (χ1v) is 30.9. The van der Waals surface area contributed by atoms with E-state index in [2.05, 4.69) is 99.0 Å². The molecule has 8 unspecified atom stereocenters. The highest BCUT2D eigenvalue weighted by molar-refractivity contribution is 5.80. The van der Waals surface area contributed by atoms with Crippen molar-refractivity contribution in [2.45, 2.75) is 301 Å². The Bertz CT molecular complexity index is 1560. The van der Waals surface area contributed by atoms with E-state index in [0.717, 1.165) is 89.9 Å². The monoisotopic (exact) mass is 1070 g/mol. The van der Waals surface area contributed by atoms with Crippen molar-refractivity contribution < 1.29 is 49.3 Å². The first-order chi connectivity index (χ1) is 37.2. The zero-order chi connectivity index (χ0) is 55.4. The maximum atomic E-state index is 13.4. The Morgan fingerprint density at radius 2 is 0.947 bits per heavy atom. The van der Waals surface area contributed by atoms with E-state index in [-0.39, 0.29) is 19.4 Å². The molecule has 0 radical (unpaired) electrons. The predicted octanol–water partition coefficient (Wildman–Crippen LogP) is 14.6. The Balaban J connectivity index is 2.72. The van der Waals surface area contributed by atoms with Crippen molar-refractivity contribution in [3.8, 4) is 0 Å². The Morgan fingerprint density at radius 3 is 1.42 bits per heavy atom. The van der Waals surface area contributed by atoms with Gasteiger partial charge in [-0.25, -0.2) is 0 Å². The van der Waals surface area contributed by atoms with Crippen molar-refractivity contribution in [3.05, 3.63) is 85.1 Å². The van der Waals surface area contributed by atoms with Crippen LogP contribution in [-0.4, -0.2) is 99.6 Å². The molecule has 0 bridgehead atoms. The fraction of sp³-hybridized carbons (Fsp3) is 0.754. The van der Waals surface area contributed by atoms with Gasteiger partial charge in [-0.05, 0) is 77.0 Å². The van der Waals surface area contributed by atoms with Crippen molar-refractivity contribution in [2.75, 3.05) is 13.2 Å². The second-order valence-corrected chi connectivity index (χ2v) is 21.1. The SMILES string of the molecule is CC/C=C\C/C=C\C/C=C\C/C=C\C/C=C\C/C=C\CCCCC(=O)OC1C(OCC(NC(=O)C(O)CCCCCCCCCCCCCCC)C(O)/C=C/CCCCCCCCCCCCC)OC(CO)C(O)C1O. The van der Waals surface area contributed by atoms with E-state index in [1.807, 2.05) is 6.08 Å². The number of hydrogen-bond acceptors (Lipinski definition) is 10. The molecule has 0 aromatic rings. The molecule has 1 rings (SSSR count). The number of esters is 1. The van der Waals surface area contributed by atoms with Crippen LogP contribution in [0.1, 0.15) is 252 Å². The number of carbonyl (C=O) groups excluding carboxylic acids is 2. The van der Waals surface area contributed by atoms with Crippen LogP contribution in [0.5, 0.6) is 0 Å². The molecule has 0 saturated carbocycles. The molecule has 1 aliphatic rings. The maximum absolute atomic E-state index is 13.4. The summed E-state index contributed by atoms with van der Waals surface area (Å²) in [5, 5.41) is 56.9. The number of aliphatic hydroxyl groups excluding tert-OH is 5. The summed E-state index contributed by atoms with van der Waals surface area (Å²) in [4.78, 5) is 26.5. The standard InChI is InChI=1S/C65H113NO10/c1-4-7-10-13-16-19-22-25-26-27-28-29-30-31-32-35-38-41-44-47-50-53-60(70)76-63-62(72)61(71)59(54-67)75-65(63)74-55-56(57(68)51-48-45-42-39-36-33-23-20-17-14-11-8-5-2)66-64(73)58(69)52-49-46-43-40-37-34-24-21-18-15-12-9-6-3/h7,10,16,19,25-26,28-29,31-32,38,41,48,51,56-59,61-63,65,67-69,71-72H,4-6,8-9,11-15,17-18,20-24,27,30,33-37,39-40,42-47,49-50,52-55H2,1-3H3,(H,66,73)/b10-7-,19-16-,26-25-,29-28-,32-31-,41-38-,51-48+. The second-order valence-electron chi connectivity index (χ2n) is 21.1. The maximum Gasteiger partial charge on any atom is 0.306 e. The minimum atomic E-state index is -1.63. The van der Waals surface area contributed by atoms with E-state index in [1.165, 1.54) is 116 Å². The topological polar surface area (TPSA) is 175 Å². The van der Waals surface area contributed by atoms with Crippen LogP contribution in [0.3, 0.4) is 0 Å². The number of carbonyl (C=O) groups is 2. The van der Waals surface area contributed by atoms with Crippen LogP contribution in [0.4, 0.5) is 0 Å². The Morgan fingerprint density at radius 1 is 0.526 bits per heavy atom. The number of unbranched alkanes of at least 4 members (excludes halogenated alkanes) is 25. The number of allylic oxidation sites excluding steroid dienone is 13. The van der Waals surface area contributed by atoms with Crippen molar-refractivity contribution in [1.82, 2.24) is 5.32 Å². The molecule has 8 atom stereocenters. The van der Waals surface area contributed by atoms with Crippen molar-refractivity contribution in [1.29, 1.82) is 0 Å². The summed E-state index contributed by atoms with van der Waals surface area (Å²) in [6.45, 7) is 5.65. The Kier molecular flexibility index (Phi) is 49.0. The summed E-state index contributed by atoms with van der Waals surface area (Å²) in [5.74, 6) is -1.24. The van der Waals surface area contributed by atoms with Crippen molar-refractivity contribution in [2.24, 2.45) is 0 Å². The fourth-order valence-electron chi connectivity index (χ4n) is 9.18. The number of nitrogens with one attached hydrogen (secondary N) is 1. The molecule has 0 aromatic heterocycles. The van der Waals surface area contributed by atoms with Crippen LogP contribution in [-0.2, 0) is 23.8 Å². The van der Waals surface area contributed by atoms with E-state index < -0.39 is 67.4 Å². The van der Waals surface area contributed by atoms with Gasteiger partial charge >= 0.3 is 5.97 Å². The Hall–Kier alpha value is -3.16. The minimum Gasteiger partial charge on any atom is -0.454 e. The van der Waals surface area contributed by atoms with Crippen molar-refractivity contribution >= 4 is 11.9 Å². The highest BCUT2D eigenvalue weighted by Gasteiger charge is 2.47. The smallest absolute Gasteiger partial charge is 0.306 e. The van der Waals surface area contributed by atoms with Crippen LogP contribution in [0.2, 0.25) is 0 Å². The molecule has 0 aromatic carbocycles. The van der Waals surface area contributed by atoms with Gasteiger partial charge in [0.05, 0.1) is 25.4 Å². The molecule has 1 heterocycles. The molecular formula is C65H113NO10. The molecule has 1 saturated heterocycles. The molecule has 1 fully saturated rings. The number of ether oxygens (including phenoxy) is 3. The Labute approximate surface area is 463 Å². The lowest BCUT2D eigenvalue weighted by atomic mass is 9.99. The highest BCUT2D eigenvalue weighted by Crippen LogP contribution is 2.26. The average Bonchev–Trinajstić information content (AvgIpc) is 3.42. The zero-order valence-corrected chi connectivity index (χ0v) is 48.3. The summed E-state index contributed by atoms with van der Waals surface area (Å²) in [6, 6.07) is -1.03. The lowest BCUT2D eigenvalue weighted by molar-refractivity contribution is -0.305. The normalized spacial score (nSPS) is 19.7. The molecule has 11 nitrogen and oxygen atoms in total.